The summed E-state index contributed by atoms with van der Waals surface area (Å²) in [5, 5.41) is 0. The van der Waals surface area contributed by atoms with Gasteiger partial charge in [-0.1, -0.05) is 18.3 Å². The predicted octanol–water partition coefficient (Wildman–Crippen LogP) is 3.71. The molecule has 4 heteroatoms. The quantitative estimate of drug-likeness (QED) is 0.873. The Labute approximate surface area is 130 Å². The van der Waals surface area contributed by atoms with Crippen molar-refractivity contribution in [2.45, 2.75) is 20.4 Å². The van der Waals surface area contributed by atoms with Gasteiger partial charge in [0.1, 0.15) is 10.8 Å². The third-order valence-electron chi connectivity index (χ3n) is 3.38. The van der Waals surface area contributed by atoms with Crippen LogP contribution in [0.1, 0.15) is 22.3 Å². The SMILES string of the molecule is Cc1cc(C)cc(N(C)Cc2cc(C(N)=S)ccc2F)c1. The van der Waals surface area contributed by atoms with E-state index in [4.69, 9.17) is 18.0 Å². The van der Waals surface area contributed by atoms with Gasteiger partial charge in [-0.25, -0.2) is 4.39 Å². The Morgan fingerprint density at radius 3 is 2.33 bits per heavy atom. The number of anilines is 1. The molecule has 0 bridgehead atoms. The minimum Gasteiger partial charge on any atom is -0.389 e. The van der Waals surface area contributed by atoms with Crippen molar-refractivity contribution in [1.29, 1.82) is 0 Å². The molecule has 0 spiro atoms. The van der Waals surface area contributed by atoms with E-state index in [1.54, 1.807) is 12.1 Å². The van der Waals surface area contributed by atoms with E-state index < -0.39 is 0 Å². The van der Waals surface area contributed by atoms with Gasteiger partial charge in [0.25, 0.3) is 0 Å². The molecule has 2 rings (SSSR count). The van der Waals surface area contributed by atoms with Crippen molar-refractivity contribution in [3.8, 4) is 0 Å². The molecule has 21 heavy (non-hydrogen) atoms. The molecule has 2 N–H and O–H groups in total. The van der Waals surface area contributed by atoms with Crippen LogP contribution in [0.2, 0.25) is 0 Å². The van der Waals surface area contributed by atoms with Crippen molar-refractivity contribution in [3.63, 3.8) is 0 Å². The van der Waals surface area contributed by atoms with E-state index in [1.165, 1.54) is 17.2 Å². The number of benzene rings is 2. The van der Waals surface area contributed by atoms with E-state index in [-0.39, 0.29) is 10.8 Å². The van der Waals surface area contributed by atoms with Gasteiger partial charge in [0.2, 0.25) is 0 Å². The number of rotatable bonds is 4. The van der Waals surface area contributed by atoms with Crippen LogP contribution >= 0.6 is 12.2 Å². The molecule has 0 unspecified atom stereocenters. The van der Waals surface area contributed by atoms with E-state index in [1.807, 2.05) is 11.9 Å². The molecule has 2 aromatic carbocycles. The maximum absolute atomic E-state index is 14.0. The highest BCUT2D eigenvalue weighted by Gasteiger charge is 2.09. The molecule has 0 amide bonds. The molecule has 0 radical (unpaired) electrons. The number of thiocarbonyl (C=S) groups is 1. The zero-order chi connectivity index (χ0) is 15.6. The Bertz CT molecular complexity index is 662. The molecular weight excluding hydrogens is 283 g/mol. The van der Waals surface area contributed by atoms with Crippen molar-refractivity contribution >= 4 is 22.9 Å². The van der Waals surface area contributed by atoms with Gasteiger partial charge in [0.05, 0.1) is 0 Å². The maximum atomic E-state index is 14.0. The fourth-order valence-electron chi connectivity index (χ4n) is 2.37. The van der Waals surface area contributed by atoms with Gasteiger partial charge in [-0.3, -0.25) is 0 Å². The van der Waals surface area contributed by atoms with E-state index in [9.17, 15) is 4.39 Å². The number of nitrogens with two attached hydrogens (primary N) is 1. The lowest BCUT2D eigenvalue weighted by Crippen LogP contribution is -2.18. The van der Waals surface area contributed by atoms with Crippen LogP contribution in [0.5, 0.6) is 0 Å². The molecule has 0 atom stereocenters. The average molecular weight is 302 g/mol. The largest absolute Gasteiger partial charge is 0.389 e. The van der Waals surface area contributed by atoms with Crippen molar-refractivity contribution < 1.29 is 4.39 Å². The Kier molecular flexibility index (Phi) is 4.58. The lowest BCUT2D eigenvalue weighted by atomic mass is 10.1. The van der Waals surface area contributed by atoms with Crippen molar-refractivity contribution in [1.82, 2.24) is 0 Å². The third kappa shape index (κ3) is 3.79. The Morgan fingerprint density at radius 2 is 1.76 bits per heavy atom. The second-order valence-electron chi connectivity index (χ2n) is 5.37. The highest BCUT2D eigenvalue weighted by molar-refractivity contribution is 7.80. The monoisotopic (exact) mass is 302 g/mol. The second-order valence-corrected chi connectivity index (χ2v) is 5.81. The van der Waals surface area contributed by atoms with Gasteiger partial charge >= 0.3 is 0 Å². The third-order valence-corrected chi connectivity index (χ3v) is 3.62. The highest BCUT2D eigenvalue weighted by atomic mass is 32.1. The fourth-order valence-corrected chi connectivity index (χ4v) is 2.49. The van der Waals surface area contributed by atoms with Gasteiger partial charge in [0.15, 0.2) is 0 Å². The summed E-state index contributed by atoms with van der Waals surface area (Å²) in [6.07, 6.45) is 0. The highest BCUT2D eigenvalue weighted by Crippen LogP contribution is 2.21. The van der Waals surface area contributed by atoms with E-state index >= 15 is 0 Å². The summed E-state index contributed by atoms with van der Waals surface area (Å²) in [6.45, 7) is 4.57. The first-order valence-electron chi connectivity index (χ1n) is 6.74. The first-order valence-corrected chi connectivity index (χ1v) is 7.15. The fraction of sp³-hybridized carbons (Fsp3) is 0.235. The van der Waals surface area contributed by atoms with Gasteiger partial charge < -0.3 is 10.6 Å². The summed E-state index contributed by atoms with van der Waals surface area (Å²) in [5.41, 5.74) is 10.3. The molecule has 0 aliphatic rings. The summed E-state index contributed by atoms with van der Waals surface area (Å²) >= 11 is 4.95. The lowest BCUT2D eigenvalue weighted by Gasteiger charge is -2.21. The molecule has 2 nitrogen and oxygen atoms in total. The van der Waals surface area contributed by atoms with Crippen LogP contribution in [0, 0.1) is 19.7 Å². The Morgan fingerprint density at radius 1 is 1.14 bits per heavy atom. The van der Waals surface area contributed by atoms with Crippen LogP contribution in [0.15, 0.2) is 36.4 Å². The van der Waals surface area contributed by atoms with Crippen LogP contribution in [0.4, 0.5) is 10.1 Å². The van der Waals surface area contributed by atoms with Crippen LogP contribution in [-0.4, -0.2) is 12.0 Å². The minimum atomic E-state index is -0.244. The molecule has 0 aliphatic heterocycles. The van der Waals surface area contributed by atoms with Crippen LogP contribution < -0.4 is 10.6 Å². The van der Waals surface area contributed by atoms with E-state index in [0.29, 0.717) is 17.7 Å². The van der Waals surface area contributed by atoms with Gasteiger partial charge in [-0.15, -0.1) is 0 Å². The molecule has 0 saturated heterocycles. The molecule has 0 saturated carbocycles. The van der Waals surface area contributed by atoms with Gasteiger partial charge in [-0.2, -0.15) is 0 Å². The Hall–Kier alpha value is -1.94. The topological polar surface area (TPSA) is 29.3 Å². The number of hydrogen-bond acceptors (Lipinski definition) is 2. The van der Waals surface area contributed by atoms with Crippen molar-refractivity contribution in [3.05, 3.63) is 64.5 Å². The predicted molar refractivity (Wildman–Crippen MR) is 90.3 cm³/mol. The summed E-state index contributed by atoms with van der Waals surface area (Å²) < 4.78 is 14.0. The number of nitrogens with zero attached hydrogens (tertiary/aromatic N) is 1. The molecule has 0 heterocycles. The smallest absolute Gasteiger partial charge is 0.128 e. The minimum absolute atomic E-state index is 0.244. The number of aryl methyl sites for hydroxylation is 2. The number of halogens is 1. The second kappa shape index (κ2) is 6.22. The summed E-state index contributed by atoms with van der Waals surface area (Å²) in [6, 6.07) is 11.0. The first-order chi connectivity index (χ1) is 9.86. The van der Waals surface area contributed by atoms with Gasteiger partial charge in [0, 0.05) is 30.4 Å². The molecule has 110 valence electrons. The van der Waals surface area contributed by atoms with Crippen LogP contribution in [-0.2, 0) is 6.54 Å². The van der Waals surface area contributed by atoms with Crippen molar-refractivity contribution in [2.24, 2.45) is 5.73 Å². The normalized spacial score (nSPS) is 10.5. The van der Waals surface area contributed by atoms with E-state index in [0.717, 1.165) is 5.69 Å². The Balaban J connectivity index is 2.28. The van der Waals surface area contributed by atoms with E-state index in [2.05, 4.69) is 32.0 Å². The van der Waals surface area contributed by atoms with Crippen LogP contribution in [0.25, 0.3) is 0 Å². The summed E-state index contributed by atoms with van der Waals surface area (Å²) in [7, 11) is 1.95. The standard InChI is InChI=1S/C17H19FN2S/c1-11-6-12(2)8-15(7-11)20(3)10-14-9-13(17(19)21)4-5-16(14)18/h4-9H,10H2,1-3H3,(H2,19,21). The molecular formula is C17H19FN2S. The average Bonchev–Trinajstić information content (AvgIpc) is 2.39. The maximum Gasteiger partial charge on any atom is 0.128 e. The van der Waals surface area contributed by atoms with Crippen molar-refractivity contribution in [2.75, 3.05) is 11.9 Å². The zero-order valence-electron chi connectivity index (χ0n) is 12.5. The summed E-state index contributed by atoms with van der Waals surface area (Å²) in [5.74, 6) is -0.244. The molecule has 0 aliphatic carbocycles. The zero-order valence-corrected chi connectivity index (χ0v) is 13.3. The number of hydrogen-bond donors (Lipinski definition) is 1. The van der Waals surface area contributed by atoms with Crippen LogP contribution in [0.3, 0.4) is 0 Å². The molecule has 0 aromatic heterocycles. The first kappa shape index (κ1) is 15.4. The molecule has 0 fully saturated rings. The van der Waals surface area contributed by atoms with Gasteiger partial charge in [-0.05, 0) is 55.3 Å². The lowest BCUT2D eigenvalue weighted by molar-refractivity contribution is 0.608. The summed E-state index contributed by atoms with van der Waals surface area (Å²) in [4.78, 5) is 2.30. The molecule has 2 aromatic rings.